The number of fused-ring (bicyclic) bond motifs is 1. The van der Waals surface area contributed by atoms with Crippen molar-refractivity contribution in [1.82, 2.24) is 19.9 Å². The molecule has 1 aliphatic heterocycles. The number of imidazole rings is 1. The van der Waals surface area contributed by atoms with E-state index in [4.69, 9.17) is 5.73 Å². The Morgan fingerprint density at radius 2 is 1.88 bits per heavy atom. The van der Waals surface area contributed by atoms with Gasteiger partial charge < -0.3 is 16.0 Å². The summed E-state index contributed by atoms with van der Waals surface area (Å²) in [6.45, 7) is 2.58. The molecule has 0 spiro atoms. The second-order valence-electron chi connectivity index (χ2n) is 10.9. The number of nitrogens with two attached hydrogens (primary N) is 1. The topological polar surface area (TPSA) is 121 Å². The van der Waals surface area contributed by atoms with Gasteiger partial charge in [0, 0.05) is 30.3 Å². The average Bonchev–Trinajstić information content (AvgIpc) is 3.73. The molecule has 1 aromatic carbocycles. The molecule has 9 nitrogen and oxygen atoms in total. The first kappa shape index (κ1) is 27.6. The van der Waals surface area contributed by atoms with E-state index in [1.807, 2.05) is 9.30 Å². The zero-order valence-corrected chi connectivity index (χ0v) is 22.6. The van der Waals surface area contributed by atoms with E-state index in [0.717, 1.165) is 49.8 Å². The number of piperidine rings is 1. The number of nitrogens with one attached hydrogen (secondary N) is 2. The molecule has 4 N–H and O–H groups in total. The number of carbonyl (C=O) groups is 2. The smallest absolute Gasteiger partial charge is 0.380 e. The lowest BCUT2D eigenvalue weighted by atomic mass is 9.92. The number of alkyl halides is 3. The summed E-state index contributed by atoms with van der Waals surface area (Å²) in [4.78, 5) is 38.9. The molecule has 2 aliphatic rings. The van der Waals surface area contributed by atoms with E-state index in [1.165, 1.54) is 12.1 Å². The van der Waals surface area contributed by atoms with Gasteiger partial charge in [0.15, 0.2) is 11.5 Å². The van der Waals surface area contributed by atoms with Gasteiger partial charge in [0.1, 0.15) is 17.8 Å². The van der Waals surface area contributed by atoms with Crippen molar-refractivity contribution in [2.75, 3.05) is 17.6 Å². The van der Waals surface area contributed by atoms with Gasteiger partial charge in [0.2, 0.25) is 11.4 Å². The van der Waals surface area contributed by atoms with Crippen LogP contribution in [0.1, 0.15) is 60.3 Å². The second-order valence-corrected chi connectivity index (χ2v) is 10.9. The fourth-order valence-electron chi connectivity index (χ4n) is 5.55. The summed E-state index contributed by atoms with van der Waals surface area (Å²) in [5, 5.41) is 2.28. The minimum absolute atomic E-state index is 0.0555. The molecule has 1 saturated heterocycles. The highest BCUT2D eigenvalue weighted by atomic mass is 19.4. The number of anilines is 2. The van der Waals surface area contributed by atoms with Crippen LogP contribution in [0.15, 0.2) is 48.9 Å². The molecule has 0 radical (unpaired) electrons. The molecule has 0 unspecified atom stereocenters. The summed E-state index contributed by atoms with van der Waals surface area (Å²) < 4.78 is 56.5. The highest BCUT2D eigenvalue weighted by molar-refractivity contribution is 6.04. The van der Waals surface area contributed by atoms with Gasteiger partial charge in [-0.25, -0.2) is 19.3 Å². The van der Waals surface area contributed by atoms with E-state index in [0.29, 0.717) is 23.8 Å². The number of amides is 2. The first-order valence-corrected chi connectivity index (χ1v) is 13.6. The molecule has 1 aliphatic carbocycles. The van der Waals surface area contributed by atoms with E-state index < -0.39 is 23.5 Å². The van der Waals surface area contributed by atoms with Crippen LogP contribution in [0.25, 0.3) is 16.8 Å². The number of hydrogen-bond acceptors (Lipinski definition) is 5. The van der Waals surface area contributed by atoms with E-state index >= 15 is 4.39 Å². The number of pyridine rings is 1. The fraction of sp³-hybridized carbons (Fsp3) is 0.345. The lowest BCUT2D eigenvalue weighted by Crippen LogP contribution is -2.47. The first-order chi connectivity index (χ1) is 20.0. The fourth-order valence-corrected chi connectivity index (χ4v) is 5.55. The van der Waals surface area contributed by atoms with Crippen LogP contribution in [0.5, 0.6) is 0 Å². The van der Waals surface area contributed by atoms with Gasteiger partial charge in [0.25, 0.3) is 11.7 Å². The predicted octanol–water partition coefficient (Wildman–Crippen LogP) is 4.71. The summed E-state index contributed by atoms with van der Waals surface area (Å²) in [6, 6.07) is 5.39. The maximum atomic E-state index is 15.6. The van der Waals surface area contributed by atoms with Crippen molar-refractivity contribution in [3.63, 3.8) is 0 Å². The lowest BCUT2D eigenvalue weighted by molar-refractivity contribution is -0.523. The molecule has 2 amide bonds. The number of likely N-dealkylation sites (tertiary alicyclic amines) is 1. The predicted molar refractivity (Wildman–Crippen MR) is 145 cm³/mol. The molecule has 2 atom stereocenters. The van der Waals surface area contributed by atoms with E-state index in [2.05, 4.69) is 27.2 Å². The summed E-state index contributed by atoms with van der Waals surface area (Å²) in [5.41, 5.74) is 6.11. The maximum Gasteiger partial charge on any atom is 0.416 e. The van der Waals surface area contributed by atoms with Crippen LogP contribution in [-0.2, 0) is 11.0 Å². The SMILES string of the molecule is C[C@H]1CC[C@@H](c2[nH]c(-c3ccc(C(=O)Nc4cc(C(F)(F)F)ccn4)cc3F)c3c(N)ncc[n+]23)CN1C(=O)C1CC1. The Bertz CT molecular complexity index is 1700. The van der Waals surface area contributed by atoms with Crippen LogP contribution in [-0.4, -0.2) is 44.3 Å². The van der Waals surface area contributed by atoms with Crippen molar-refractivity contribution >= 4 is 29.0 Å². The third kappa shape index (κ3) is 5.14. The quantitative estimate of drug-likeness (QED) is 0.233. The van der Waals surface area contributed by atoms with E-state index in [1.54, 1.807) is 12.4 Å². The summed E-state index contributed by atoms with van der Waals surface area (Å²) >= 11 is 0. The van der Waals surface area contributed by atoms with Crippen LogP contribution < -0.4 is 15.5 Å². The minimum atomic E-state index is -4.61. The van der Waals surface area contributed by atoms with Gasteiger partial charge in [-0.3, -0.25) is 9.59 Å². The summed E-state index contributed by atoms with van der Waals surface area (Å²) in [5.74, 6) is -0.741. The number of rotatable bonds is 5. The first-order valence-electron chi connectivity index (χ1n) is 13.6. The van der Waals surface area contributed by atoms with Crippen LogP contribution in [0.2, 0.25) is 0 Å². The van der Waals surface area contributed by atoms with Crippen LogP contribution in [0.4, 0.5) is 29.2 Å². The lowest BCUT2D eigenvalue weighted by Gasteiger charge is -2.36. The molecule has 6 rings (SSSR count). The highest BCUT2D eigenvalue weighted by Crippen LogP contribution is 2.37. The van der Waals surface area contributed by atoms with Gasteiger partial charge in [0.05, 0.1) is 23.2 Å². The summed E-state index contributed by atoms with van der Waals surface area (Å²) in [7, 11) is 0. The monoisotopic (exact) mass is 582 g/mol. The number of carbonyl (C=O) groups excluding carboxylic acids is 2. The number of aromatic nitrogens is 4. The van der Waals surface area contributed by atoms with Crippen molar-refractivity contribution in [2.24, 2.45) is 5.92 Å². The Labute approximate surface area is 237 Å². The number of hydrogen-bond donors (Lipinski definition) is 3. The number of H-pyrrole nitrogens is 1. The number of nitrogen functional groups attached to an aromatic ring is 1. The standard InChI is InChI=1S/C29H27F4N7O2/c1-15-2-3-18(14-40(15)28(42)16-4-5-16)26-38-23(24-25(34)36-10-11-39(24)26)20-7-6-17(12-21(20)30)27(41)37-22-13-19(8-9-35-22)29(31,32)33/h6-13,15-16,18H,2-5,14H2,1H3,(H3,34,35,36,37,41)/p+1/t15-,18+/m0/s1. The second kappa shape index (κ2) is 10.4. The number of nitrogens with zero attached hydrogens (tertiary/aromatic N) is 4. The zero-order valence-electron chi connectivity index (χ0n) is 22.6. The Kier molecular flexibility index (Phi) is 6.82. The highest BCUT2D eigenvalue weighted by Gasteiger charge is 2.41. The Balaban J connectivity index is 1.31. The molecule has 1 saturated carbocycles. The minimum Gasteiger partial charge on any atom is -0.380 e. The van der Waals surface area contributed by atoms with Gasteiger partial charge in [-0.2, -0.15) is 17.6 Å². The zero-order chi connectivity index (χ0) is 29.8. The Morgan fingerprint density at radius 3 is 2.60 bits per heavy atom. The van der Waals surface area contributed by atoms with Crippen LogP contribution >= 0.6 is 0 Å². The molecule has 13 heteroatoms. The van der Waals surface area contributed by atoms with Crippen molar-refractivity contribution in [3.8, 4) is 11.3 Å². The molecular weight excluding hydrogens is 554 g/mol. The van der Waals surface area contributed by atoms with Crippen molar-refractivity contribution in [1.29, 1.82) is 0 Å². The molecule has 4 heterocycles. The van der Waals surface area contributed by atoms with E-state index in [-0.39, 0.29) is 46.5 Å². The molecule has 3 aromatic heterocycles. The molecule has 2 fully saturated rings. The molecule has 4 aromatic rings. The number of halogens is 4. The van der Waals surface area contributed by atoms with Crippen LogP contribution in [0, 0.1) is 11.7 Å². The number of benzene rings is 1. The molecule has 0 bridgehead atoms. The van der Waals surface area contributed by atoms with Gasteiger partial charge in [-0.05, 0) is 62.9 Å². The largest absolute Gasteiger partial charge is 0.416 e. The summed E-state index contributed by atoms with van der Waals surface area (Å²) in [6.07, 6.45) is 3.07. The Morgan fingerprint density at radius 1 is 1.10 bits per heavy atom. The molecule has 42 heavy (non-hydrogen) atoms. The van der Waals surface area contributed by atoms with Crippen LogP contribution in [0.3, 0.4) is 0 Å². The van der Waals surface area contributed by atoms with Gasteiger partial charge >= 0.3 is 6.18 Å². The average molecular weight is 583 g/mol. The van der Waals surface area contributed by atoms with Crippen molar-refractivity contribution in [2.45, 2.75) is 50.7 Å². The van der Waals surface area contributed by atoms with E-state index in [9.17, 15) is 22.8 Å². The van der Waals surface area contributed by atoms with Gasteiger partial charge in [-0.1, -0.05) is 0 Å². The normalized spacial score (nSPS) is 19.2. The third-order valence-corrected chi connectivity index (χ3v) is 7.97. The maximum absolute atomic E-state index is 15.6. The number of aromatic amines is 1. The third-order valence-electron chi connectivity index (χ3n) is 7.97. The van der Waals surface area contributed by atoms with Crippen molar-refractivity contribution in [3.05, 3.63) is 71.7 Å². The molecule has 218 valence electrons. The van der Waals surface area contributed by atoms with Crippen molar-refractivity contribution < 1.29 is 31.6 Å². The molecular formula is C29H28F4N7O2+. The van der Waals surface area contributed by atoms with Gasteiger partial charge in [-0.15, -0.1) is 0 Å². The Hall–Kier alpha value is -4.55.